The quantitative estimate of drug-likeness (QED) is 0.810. The highest BCUT2D eigenvalue weighted by atomic mass is 16.3. The third-order valence-electron chi connectivity index (χ3n) is 3.27. The Hall–Kier alpha value is -1.81. The van der Waals surface area contributed by atoms with Gasteiger partial charge in [-0.2, -0.15) is 0 Å². The molecule has 4 heteroatoms. The van der Waals surface area contributed by atoms with Crippen LogP contribution < -0.4 is 10.9 Å². The molecule has 0 aliphatic heterocycles. The number of hydrogen-bond acceptors (Lipinski definition) is 3. The maximum atomic E-state index is 11.9. The molecule has 1 heterocycles. The molecule has 0 aliphatic carbocycles. The summed E-state index contributed by atoms with van der Waals surface area (Å²) in [6.45, 7) is 2.54. The molecule has 2 rings (SSSR count). The number of para-hydroxylation sites is 1. The van der Waals surface area contributed by atoms with Crippen LogP contribution in [0.15, 0.2) is 35.1 Å². The number of nitrogens with one attached hydrogen (secondary N) is 1. The average molecular weight is 260 g/mol. The highest BCUT2D eigenvalue weighted by molar-refractivity contribution is 5.91. The second kappa shape index (κ2) is 5.89. The van der Waals surface area contributed by atoms with Gasteiger partial charge in [0.1, 0.15) is 0 Å². The molecule has 0 radical (unpaired) electrons. The van der Waals surface area contributed by atoms with E-state index in [4.69, 9.17) is 0 Å². The van der Waals surface area contributed by atoms with Crippen molar-refractivity contribution in [1.82, 2.24) is 4.57 Å². The van der Waals surface area contributed by atoms with E-state index in [0.717, 1.165) is 36.0 Å². The molecule has 4 nitrogen and oxygen atoms in total. The van der Waals surface area contributed by atoms with E-state index in [-0.39, 0.29) is 11.7 Å². The lowest BCUT2D eigenvalue weighted by molar-refractivity contribution is 0.183. The molecule has 2 aromatic rings. The normalized spacial score (nSPS) is 12.6. The van der Waals surface area contributed by atoms with E-state index >= 15 is 0 Å². The van der Waals surface area contributed by atoms with Crippen molar-refractivity contribution in [2.24, 2.45) is 7.05 Å². The Kier molecular flexibility index (Phi) is 4.22. The summed E-state index contributed by atoms with van der Waals surface area (Å²) in [6.07, 6.45) is 1.36. The SMILES string of the molecule is CC(O)CCCNc1cc(=O)n(C)c2ccccc12. The first-order valence-corrected chi connectivity index (χ1v) is 6.60. The number of benzene rings is 1. The Bertz CT molecular complexity index is 617. The van der Waals surface area contributed by atoms with Gasteiger partial charge in [0.05, 0.1) is 11.6 Å². The highest BCUT2D eigenvalue weighted by Gasteiger charge is 2.05. The maximum Gasteiger partial charge on any atom is 0.252 e. The molecular weight excluding hydrogens is 240 g/mol. The lowest BCUT2D eigenvalue weighted by Crippen LogP contribution is -2.18. The van der Waals surface area contributed by atoms with Gasteiger partial charge in [-0.15, -0.1) is 0 Å². The number of aliphatic hydroxyl groups is 1. The van der Waals surface area contributed by atoms with E-state index < -0.39 is 0 Å². The van der Waals surface area contributed by atoms with Crippen molar-refractivity contribution in [3.05, 3.63) is 40.7 Å². The third kappa shape index (κ3) is 3.15. The molecule has 19 heavy (non-hydrogen) atoms. The van der Waals surface area contributed by atoms with Gasteiger partial charge >= 0.3 is 0 Å². The van der Waals surface area contributed by atoms with Crippen LogP contribution in [0.3, 0.4) is 0 Å². The van der Waals surface area contributed by atoms with Crippen molar-refractivity contribution in [2.45, 2.75) is 25.9 Å². The van der Waals surface area contributed by atoms with E-state index in [1.54, 1.807) is 24.6 Å². The Morgan fingerprint density at radius 1 is 1.37 bits per heavy atom. The summed E-state index contributed by atoms with van der Waals surface area (Å²) >= 11 is 0. The van der Waals surface area contributed by atoms with E-state index in [2.05, 4.69) is 5.32 Å². The summed E-state index contributed by atoms with van der Waals surface area (Å²) < 4.78 is 1.65. The van der Waals surface area contributed by atoms with Gasteiger partial charge in [0, 0.05) is 30.7 Å². The summed E-state index contributed by atoms with van der Waals surface area (Å²) in [6, 6.07) is 9.47. The summed E-state index contributed by atoms with van der Waals surface area (Å²) in [7, 11) is 1.78. The Balaban J connectivity index is 2.23. The van der Waals surface area contributed by atoms with Crippen LogP contribution in [0.5, 0.6) is 0 Å². The van der Waals surface area contributed by atoms with E-state index in [0.29, 0.717) is 0 Å². The molecule has 2 N–H and O–H groups in total. The number of anilines is 1. The van der Waals surface area contributed by atoms with Gasteiger partial charge in [-0.05, 0) is 25.8 Å². The number of nitrogens with zero attached hydrogens (tertiary/aromatic N) is 1. The number of aryl methyl sites for hydroxylation is 1. The Morgan fingerprint density at radius 2 is 2.11 bits per heavy atom. The predicted octanol–water partition coefficient (Wildman–Crippen LogP) is 2.11. The molecule has 0 aliphatic rings. The van der Waals surface area contributed by atoms with Crippen molar-refractivity contribution in [1.29, 1.82) is 0 Å². The topological polar surface area (TPSA) is 54.3 Å². The van der Waals surface area contributed by atoms with Gasteiger partial charge in [-0.3, -0.25) is 4.79 Å². The van der Waals surface area contributed by atoms with Crippen LogP contribution in [0.4, 0.5) is 5.69 Å². The second-order valence-electron chi connectivity index (χ2n) is 4.89. The van der Waals surface area contributed by atoms with Gasteiger partial charge in [0.25, 0.3) is 5.56 Å². The van der Waals surface area contributed by atoms with Gasteiger partial charge in [-0.25, -0.2) is 0 Å². The molecule has 102 valence electrons. The van der Waals surface area contributed by atoms with Gasteiger partial charge in [-0.1, -0.05) is 18.2 Å². The van der Waals surface area contributed by atoms with Crippen LogP contribution >= 0.6 is 0 Å². The molecule has 1 unspecified atom stereocenters. The Morgan fingerprint density at radius 3 is 2.84 bits per heavy atom. The molecule has 0 amide bonds. The fourth-order valence-electron chi connectivity index (χ4n) is 2.18. The molecule has 0 fully saturated rings. The standard InChI is InChI=1S/C15H20N2O2/c1-11(18)6-5-9-16-13-10-15(19)17(2)14-8-4-3-7-12(13)14/h3-4,7-8,10-11,16,18H,5-6,9H2,1-2H3. The number of aliphatic hydroxyl groups excluding tert-OH is 1. The third-order valence-corrected chi connectivity index (χ3v) is 3.27. The summed E-state index contributed by atoms with van der Waals surface area (Å²) in [5.74, 6) is 0. The molecule has 1 aromatic heterocycles. The molecular formula is C15H20N2O2. The van der Waals surface area contributed by atoms with E-state index in [1.807, 2.05) is 24.3 Å². The molecule has 1 aromatic carbocycles. The van der Waals surface area contributed by atoms with Crippen molar-refractivity contribution in [3.8, 4) is 0 Å². The lowest BCUT2D eigenvalue weighted by Gasteiger charge is -2.12. The van der Waals surface area contributed by atoms with Gasteiger partial charge in [0.15, 0.2) is 0 Å². The number of aromatic nitrogens is 1. The number of fused-ring (bicyclic) bond motifs is 1. The fourth-order valence-corrected chi connectivity index (χ4v) is 2.18. The van der Waals surface area contributed by atoms with Crippen LogP contribution in [0.2, 0.25) is 0 Å². The highest BCUT2D eigenvalue weighted by Crippen LogP contribution is 2.20. The van der Waals surface area contributed by atoms with Crippen LogP contribution in [0.25, 0.3) is 10.9 Å². The van der Waals surface area contributed by atoms with E-state index in [1.165, 1.54) is 0 Å². The minimum Gasteiger partial charge on any atom is -0.393 e. The first-order valence-electron chi connectivity index (χ1n) is 6.60. The van der Waals surface area contributed by atoms with Crippen LogP contribution in [0, 0.1) is 0 Å². The zero-order valence-corrected chi connectivity index (χ0v) is 11.4. The largest absolute Gasteiger partial charge is 0.393 e. The smallest absolute Gasteiger partial charge is 0.252 e. The van der Waals surface area contributed by atoms with Crippen molar-refractivity contribution in [3.63, 3.8) is 0 Å². The summed E-state index contributed by atoms with van der Waals surface area (Å²) in [5.41, 5.74) is 1.77. The van der Waals surface area contributed by atoms with Crippen molar-refractivity contribution >= 4 is 16.6 Å². The monoisotopic (exact) mass is 260 g/mol. The molecule has 0 bridgehead atoms. The average Bonchev–Trinajstić information content (AvgIpc) is 2.40. The lowest BCUT2D eigenvalue weighted by atomic mass is 10.1. The fraction of sp³-hybridized carbons (Fsp3) is 0.400. The number of rotatable bonds is 5. The predicted molar refractivity (Wildman–Crippen MR) is 78.6 cm³/mol. The van der Waals surface area contributed by atoms with Gasteiger partial charge in [0.2, 0.25) is 0 Å². The molecule has 1 atom stereocenters. The first kappa shape index (κ1) is 13.6. The van der Waals surface area contributed by atoms with Gasteiger partial charge < -0.3 is 15.0 Å². The Labute approximate surface area is 112 Å². The van der Waals surface area contributed by atoms with Crippen LogP contribution in [0.1, 0.15) is 19.8 Å². The molecule has 0 spiro atoms. The molecule has 0 saturated carbocycles. The minimum atomic E-state index is -0.276. The number of hydrogen-bond donors (Lipinski definition) is 2. The first-order chi connectivity index (χ1) is 9.09. The van der Waals surface area contributed by atoms with Crippen molar-refractivity contribution < 1.29 is 5.11 Å². The van der Waals surface area contributed by atoms with Crippen LogP contribution in [-0.2, 0) is 7.05 Å². The van der Waals surface area contributed by atoms with Crippen molar-refractivity contribution in [2.75, 3.05) is 11.9 Å². The molecule has 0 saturated heterocycles. The zero-order chi connectivity index (χ0) is 13.8. The second-order valence-corrected chi connectivity index (χ2v) is 4.89. The maximum absolute atomic E-state index is 11.9. The summed E-state index contributed by atoms with van der Waals surface area (Å²) in [5, 5.41) is 13.6. The van der Waals surface area contributed by atoms with E-state index in [9.17, 15) is 9.90 Å². The summed E-state index contributed by atoms with van der Waals surface area (Å²) in [4.78, 5) is 11.9. The number of pyridine rings is 1. The van der Waals surface area contributed by atoms with Crippen LogP contribution in [-0.4, -0.2) is 22.3 Å². The zero-order valence-electron chi connectivity index (χ0n) is 11.4. The minimum absolute atomic E-state index is 0.0169.